The van der Waals surface area contributed by atoms with Gasteiger partial charge in [0.25, 0.3) is 0 Å². The number of fused-ring (bicyclic) bond motifs is 3. The molecule has 0 saturated heterocycles. The van der Waals surface area contributed by atoms with Gasteiger partial charge < -0.3 is 35.0 Å². The van der Waals surface area contributed by atoms with Crippen LogP contribution >= 0.6 is 11.8 Å². The minimum atomic E-state index is -1.82. The maximum absolute atomic E-state index is 10.3. The lowest BCUT2D eigenvalue weighted by Gasteiger charge is -2.37. The molecule has 0 amide bonds. The Bertz CT molecular complexity index is 1220. The lowest BCUT2D eigenvalue weighted by atomic mass is 9.74. The van der Waals surface area contributed by atoms with Crippen LogP contribution in [0.3, 0.4) is 0 Å². The van der Waals surface area contributed by atoms with Gasteiger partial charge in [0, 0.05) is 29.4 Å². The number of aliphatic imine (C=N–C) groups is 1. The topological polar surface area (TPSA) is 226 Å². The molecule has 216 valence electrons. The van der Waals surface area contributed by atoms with E-state index in [9.17, 15) is 5.11 Å². The summed E-state index contributed by atoms with van der Waals surface area (Å²) in [5.41, 5.74) is 3.96. The minimum Gasteiger partial charge on any atom is -0.493 e. The number of aromatic nitrogens is 2. The summed E-state index contributed by atoms with van der Waals surface area (Å²) in [6, 6.07) is 4.21. The number of aliphatic hydroxyl groups is 1. The van der Waals surface area contributed by atoms with Crippen LogP contribution in [-0.4, -0.2) is 97.2 Å². The van der Waals surface area contributed by atoms with Gasteiger partial charge in [-0.3, -0.25) is 4.99 Å². The highest BCUT2D eigenvalue weighted by atomic mass is 32.2. The van der Waals surface area contributed by atoms with E-state index in [2.05, 4.69) is 16.0 Å². The van der Waals surface area contributed by atoms with E-state index in [1.165, 1.54) is 11.8 Å². The summed E-state index contributed by atoms with van der Waals surface area (Å²) in [5.74, 6) is -5.70. The molecule has 5 N–H and O–H groups in total. The molecule has 1 aromatic carbocycles. The van der Waals surface area contributed by atoms with Gasteiger partial charge in [-0.1, -0.05) is 11.8 Å². The van der Waals surface area contributed by atoms with Crippen LogP contribution in [0, 0.1) is 0 Å². The number of benzene rings is 1. The molecule has 0 unspecified atom stereocenters. The molecule has 1 aliphatic carbocycles. The maximum atomic E-state index is 10.3. The molecule has 14 nitrogen and oxygen atoms in total. The van der Waals surface area contributed by atoms with Crippen LogP contribution in [0.4, 0.5) is 0 Å². The Hall–Kier alpha value is -4.24. The van der Waals surface area contributed by atoms with Crippen LogP contribution in [0.1, 0.15) is 48.8 Å². The van der Waals surface area contributed by atoms with Crippen molar-refractivity contribution < 1.29 is 54.2 Å². The Labute approximate surface area is 232 Å². The second-order valence-electron chi connectivity index (χ2n) is 8.32. The van der Waals surface area contributed by atoms with E-state index < -0.39 is 23.9 Å². The van der Waals surface area contributed by atoms with Gasteiger partial charge in [-0.25, -0.2) is 29.1 Å². The number of hydrogen-bond donors (Lipinski definition) is 5. The monoisotopic (exact) mass is 579 g/mol. The Morgan fingerprint density at radius 1 is 0.950 bits per heavy atom. The van der Waals surface area contributed by atoms with Crippen LogP contribution in [0.15, 0.2) is 34.7 Å². The molecule has 0 bridgehead atoms. The largest absolute Gasteiger partial charge is 0.493 e. The van der Waals surface area contributed by atoms with Crippen LogP contribution < -0.4 is 9.47 Å². The van der Waals surface area contributed by atoms with Crippen molar-refractivity contribution in [1.29, 1.82) is 0 Å². The van der Waals surface area contributed by atoms with Crippen molar-refractivity contribution in [2.75, 3.05) is 20.0 Å². The molecule has 1 saturated carbocycles. The van der Waals surface area contributed by atoms with E-state index in [0.29, 0.717) is 18.8 Å². The molecular weight excluding hydrogens is 550 g/mol. The van der Waals surface area contributed by atoms with Gasteiger partial charge in [-0.2, -0.15) is 0 Å². The molecule has 2 aromatic rings. The van der Waals surface area contributed by atoms with Gasteiger partial charge >= 0.3 is 23.9 Å². The number of carbonyl (C=O) groups is 4. The van der Waals surface area contributed by atoms with Crippen molar-refractivity contribution in [3.05, 3.63) is 41.2 Å². The third kappa shape index (κ3) is 8.38. The van der Waals surface area contributed by atoms with E-state index >= 15 is 0 Å². The van der Waals surface area contributed by atoms with Crippen LogP contribution in [-0.2, 0) is 19.2 Å². The van der Waals surface area contributed by atoms with E-state index in [1.807, 2.05) is 31.6 Å². The smallest absolute Gasteiger partial charge is 0.414 e. The first-order valence-corrected chi connectivity index (χ1v) is 13.1. The quantitative estimate of drug-likeness (QED) is 0.193. The fourth-order valence-corrected chi connectivity index (χ4v) is 4.46. The Kier molecular flexibility index (Phi) is 11.8. The van der Waals surface area contributed by atoms with Crippen LogP contribution in [0.5, 0.6) is 11.5 Å². The van der Waals surface area contributed by atoms with Crippen molar-refractivity contribution in [3.8, 4) is 11.5 Å². The highest BCUT2D eigenvalue weighted by Gasteiger charge is 2.37. The van der Waals surface area contributed by atoms with Crippen LogP contribution in [0.25, 0.3) is 0 Å². The highest BCUT2D eigenvalue weighted by molar-refractivity contribution is 7.98. The predicted molar refractivity (Wildman–Crippen MR) is 141 cm³/mol. The minimum absolute atomic E-state index is 0.147. The van der Waals surface area contributed by atoms with Crippen molar-refractivity contribution in [2.45, 2.75) is 49.4 Å². The summed E-state index contributed by atoms with van der Waals surface area (Å²) >= 11 is 1.52. The fraction of sp³-hybridized carbons (Fsp3) is 0.400. The second-order valence-corrected chi connectivity index (χ2v) is 9.09. The first-order valence-electron chi connectivity index (χ1n) is 11.8. The molecule has 40 heavy (non-hydrogen) atoms. The Morgan fingerprint density at radius 2 is 1.52 bits per heavy atom. The first-order chi connectivity index (χ1) is 18.9. The number of thioether (sulfide) groups is 1. The fourth-order valence-electron chi connectivity index (χ4n) is 4.15. The lowest BCUT2D eigenvalue weighted by Crippen LogP contribution is -2.34. The van der Waals surface area contributed by atoms with Gasteiger partial charge in [0.2, 0.25) is 0 Å². The number of ether oxygens (including phenoxy) is 2. The third-order valence-electron chi connectivity index (χ3n) is 5.82. The molecule has 1 aliphatic heterocycles. The average Bonchev–Trinajstić information content (AvgIpc) is 2.93. The maximum Gasteiger partial charge on any atom is 0.414 e. The average molecular weight is 580 g/mol. The van der Waals surface area contributed by atoms with E-state index in [-0.39, 0.29) is 18.1 Å². The van der Waals surface area contributed by atoms with Crippen LogP contribution in [0.2, 0.25) is 0 Å². The molecule has 15 heteroatoms. The summed E-state index contributed by atoms with van der Waals surface area (Å²) in [6.45, 7) is 2.53. The SMILES string of the molecule is CCOc1cc2c(cc1OC)C(c1cnc(SC)nc1)=N[C@@H]1CC[C@@H](O)C[C@H]21.O=C(O)C(=O)O.O=C(O)C(=O)O. The van der Waals surface area contributed by atoms with E-state index in [4.69, 9.17) is 54.1 Å². The number of nitrogens with zero attached hydrogens (tertiary/aromatic N) is 3. The predicted octanol–water partition coefficient (Wildman–Crippen LogP) is 1.76. The number of methoxy groups -OCH3 is 1. The molecular formula is C25H29N3O11S. The summed E-state index contributed by atoms with van der Waals surface area (Å²) in [7, 11) is 1.65. The molecule has 1 aromatic heterocycles. The number of carboxylic acids is 4. The van der Waals surface area contributed by atoms with E-state index in [1.54, 1.807) is 7.11 Å². The standard InChI is InChI=1S/C21H25N3O3S.2C2H2O4/c1-4-27-19-8-14-15-7-13(25)5-6-17(15)24-20(16(14)9-18(19)26-2)12-10-22-21(28-3)23-11-12;2*3-1(4)2(5)6/h8-11,13,15,17,25H,4-7H2,1-3H3;2*(H,3,4)(H,5,6)/t13-,15-,17-;;/m1../s1. The zero-order chi connectivity index (χ0) is 30.0. The van der Waals surface area contributed by atoms with E-state index in [0.717, 1.165) is 46.1 Å². The van der Waals surface area contributed by atoms with Crippen molar-refractivity contribution >= 4 is 41.4 Å². The molecule has 1 fully saturated rings. The number of aliphatic carboxylic acids is 4. The van der Waals surface area contributed by atoms with Gasteiger partial charge in [0.1, 0.15) is 0 Å². The molecule has 2 heterocycles. The Morgan fingerprint density at radius 3 is 2.00 bits per heavy atom. The number of aliphatic hydroxyl groups excluding tert-OH is 1. The van der Waals surface area contributed by atoms with Gasteiger partial charge in [0.05, 0.1) is 31.6 Å². The van der Waals surface area contributed by atoms with Crippen molar-refractivity contribution in [3.63, 3.8) is 0 Å². The number of carboxylic acid groups (broad SMARTS) is 4. The molecule has 0 spiro atoms. The molecule has 4 rings (SSSR count). The second kappa shape index (κ2) is 14.8. The summed E-state index contributed by atoms with van der Waals surface area (Å²) in [5, 5.41) is 40.6. The Balaban J connectivity index is 0.000000393. The number of rotatable bonds is 5. The summed E-state index contributed by atoms with van der Waals surface area (Å²) in [6.07, 6.45) is 7.71. The van der Waals surface area contributed by atoms with Crippen molar-refractivity contribution in [1.82, 2.24) is 9.97 Å². The zero-order valence-electron chi connectivity index (χ0n) is 21.8. The number of hydrogen-bond acceptors (Lipinski definition) is 11. The van der Waals surface area contributed by atoms with Gasteiger partial charge in [-0.05, 0) is 50.1 Å². The van der Waals surface area contributed by atoms with Gasteiger partial charge in [-0.15, -0.1) is 0 Å². The van der Waals surface area contributed by atoms with Gasteiger partial charge in [0.15, 0.2) is 16.7 Å². The molecule has 2 aliphatic rings. The zero-order valence-corrected chi connectivity index (χ0v) is 22.6. The third-order valence-corrected chi connectivity index (χ3v) is 6.40. The first kappa shape index (κ1) is 32.0. The normalized spacial score (nSPS) is 18.6. The lowest BCUT2D eigenvalue weighted by molar-refractivity contribution is -0.159. The molecule has 3 atom stereocenters. The summed E-state index contributed by atoms with van der Waals surface area (Å²) < 4.78 is 11.4. The molecule has 0 radical (unpaired) electrons. The summed E-state index contributed by atoms with van der Waals surface area (Å²) in [4.78, 5) is 50.3. The van der Waals surface area contributed by atoms with Crippen molar-refractivity contribution in [2.24, 2.45) is 4.99 Å². The highest BCUT2D eigenvalue weighted by Crippen LogP contribution is 2.44.